The minimum atomic E-state index is -5.04. The molecule has 1 atom stereocenters. The first-order valence-corrected chi connectivity index (χ1v) is 8.71. The Morgan fingerprint density at radius 3 is 2.60 bits per heavy atom. The summed E-state index contributed by atoms with van der Waals surface area (Å²) in [6.07, 6.45) is -5.04. The van der Waals surface area contributed by atoms with Crippen molar-refractivity contribution in [3.63, 3.8) is 0 Å². The smallest absolute Gasteiger partial charge is 0.403 e. The van der Waals surface area contributed by atoms with Crippen LogP contribution in [-0.2, 0) is 4.74 Å². The normalized spacial score (nSPS) is 12.4. The van der Waals surface area contributed by atoms with E-state index >= 15 is 0 Å². The van der Waals surface area contributed by atoms with E-state index < -0.39 is 35.4 Å². The van der Waals surface area contributed by atoms with Crippen molar-refractivity contribution in [2.24, 2.45) is 0 Å². The first-order chi connectivity index (χ1) is 14.0. The number of carbonyl (C=O) groups excluding carboxylic acids is 1. The van der Waals surface area contributed by atoms with Gasteiger partial charge in [-0.05, 0) is 24.6 Å². The maximum Gasteiger partial charge on any atom is 0.573 e. The quantitative estimate of drug-likeness (QED) is 0.622. The molecule has 0 fully saturated rings. The Kier molecular flexibility index (Phi) is 7.38. The van der Waals surface area contributed by atoms with Crippen molar-refractivity contribution >= 4 is 11.9 Å². The molecular formula is C18H20F4N4O4. The van der Waals surface area contributed by atoms with Crippen molar-refractivity contribution in [1.82, 2.24) is 15.3 Å². The number of hydrogen-bond acceptors (Lipinski definition) is 6. The van der Waals surface area contributed by atoms with E-state index in [2.05, 4.69) is 20.0 Å². The molecule has 0 aliphatic heterocycles. The van der Waals surface area contributed by atoms with Crippen molar-refractivity contribution in [3.8, 4) is 5.75 Å². The largest absolute Gasteiger partial charge is 0.573 e. The van der Waals surface area contributed by atoms with E-state index in [4.69, 9.17) is 4.74 Å². The number of benzene rings is 1. The monoisotopic (exact) mass is 432 g/mol. The number of ether oxygens (including phenoxy) is 2. The molecule has 0 saturated carbocycles. The first-order valence-electron chi connectivity index (χ1n) is 8.71. The van der Waals surface area contributed by atoms with Gasteiger partial charge in [0.15, 0.2) is 11.6 Å². The third-order valence-electron chi connectivity index (χ3n) is 4.02. The molecule has 2 N–H and O–H groups in total. The summed E-state index contributed by atoms with van der Waals surface area (Å²) in [5.74, 6) is -2.83. The lowest BCUT2D eigenvalue weighted by Crippen LogP contribution is -2.33. The molecule has 0 unspecified atom stereocenters. The molecule has 0 aliphatic rings. The molecular weight excluding hydrogens is 412 g/mol. The zero-order chi connectivity index (χ0) is 22.5. The second-order valence-electron chi connectivity index (χ2n) is 6.19. The lowest BCUT2D eigenvalue weighted by Gasteiger charge is -2.20. The number of methoxy groups -OCH3 is 1. The molecule has 0 bridgehead atoms. The third kappa shape index (κ3) is 6.17. The molecule has 164 valence electrons. The summed E-state index contributed by atoms with van der Waals surface area (Å²) in [6.45, 7) is 2.23. The highest BCUT2D eigenvalue weighted by atomic mass is 19.4. The zero-order valence-corrected chi connectivity index (χ0v) is 16.3. The molecule has 1 aromatic heterocycles. The average Bonchev–Trinajstić information content (AvgIpc) is 2.67. The van der Waals surface area contributed by atoms with E-state index in [9.17, 15) is 27.2 Å². The minimum absolute atomic E-state index is 0.116. The number of alkyl halides is 3. The van der Waals surface area contributed by atoms with Crippen LogP contribution in [0.1, 0.15) is 29.0 Å². The molecule has 1 aromatic carbocycles. The van der Waals surface area contributed by atoms with Gasteiger partial charge < -0.3 is 19.7 Å². The Morgan fingerprint density at radius 2 is 2.03 bits per heavy atom. The van der Waals surface area contributed by atoms with Crippen molar-refractivity contribution in [2.45, 2.75) is 19.3 Å². The van der Waals surface area contributed by atoms with Crippen LogP contribution in [0.3, 0.4) is 0 Å². The molecule has 12 heteroatoms. The van der Waals surface area contributed by atoms with Gasteiger partial charge in [0.05, 0.1) is 12.6 Å². The predicted octanol–water partition coefficient (Wildman–Crippen LogP) is 2.38. The lowest BCUT2D eigenvalue weighted by atomic mass is 10.1. The number of amides is 1. The van der Waals surface area contributed by atoms with Gasteiger partial charge in [-0.25, -0.2) is 9.37 Å². The van der Waals surface area contributed by atoms with Gasteiger partial charge in [0.1, 0.15) is 5.69 Å². The van der Waals surface area contributed by atoms with Crippen LogP contribution in [0.15, 0.2) is 29.1 Å². The van der Waals surface area contributed by atoms with Gasteiger partial charge in [-0.3, -0.25) is 14.6 Å². The number of rotatable bonds is 8. The molecule has 8 nitrogen and oxygen atoms in total. The number of aromatic nitrogens is 2. The molecule has 0 aliphatic carbocycles. The summed E-state index contributed by atoms with van der Waals surface area (Å²) in [6, 6.07) is 2.83. The Morgan fingerprint density at radius 1 is 1.33 bits per heavy atom. The SMILES string of the molecule is CCN(C)c1nc(C(=O)N[C@H](COC)c2ccc(OC(F)(F)F)c(F)c2)cc(=O)[nH]1. The zero-order valence-electron chi connectivity index (χ0n) is 16.3. The number of hydrogen-bond donors (Lipinski definition) is 2. The third-order valence-corrected chi connectivity index (χ3v) is 4.02. The maximum absolute atomic E-state index is 14.0. The van der Waals surface area contributed by atoms with Crippen LogP contribution >= 0.6 is 0 Å². The Balaban J connectivity index is 2.27. The van der Waals surface area contributed by atoms with Gasteiger partial charge in [0.25, 0.3) is 11.5 Å². The van der Waals surface area contributed by atoms with Crippen molar-refractivity contribution in [1.29, 1.82) is 0 Å². The minimum Gasteiger partial charge on any atom is -0.403 e. The Bertz CT molecular complexity index is 949. The number of anilines is 1. The summed E-state index contributed by atoms with van der Waals surface area (Å²) >= 11 is 0. The molecule has 0 spiro atoms. The van der Waals surface area contributed by atoms with E-state index in [-0.39, 0.29) is 23.8 Å². The van der Waals surface area contributed by atoms with Crippen LogP contribution in [0.25, 0.3) is 0 Å². The lowest BCUT2D eigenvalue weighted by molar-refractivity contribution is -0.275. The van der Waals surface area contributed by atoms with E-state index in [1.165, 1.54) is 7.11 Å². The summed E-state index contributed by atoms with van der Waals surface area (Å²) in [4.78, 5) is 32.6. The number of halogens is 4. The number of nitrogens with zero attached hydrogens (tertiary/aromatic N) is 2. The second kappa shape index (κ2) is 9.57. The van der Waals surface area contributed by atoms with Gasteiger partial charge in [0, 0.05) is 26.8 Å². The van der Waals surface area contributed by atoms with Gasteiger partial charge in [-0.2, -0.15) is 0 Å². The van der Waals surface area contributed by atoms with E-state index in [1.54, 1.807) is 11.9 Å². The molecule has 2 rings (SSSR count). The van der Waals surface area contributed by atoms with Crippen LogP contribution in [0.4, 0.5) is 23.5 Å². The fraction of sp³-hybridized carbons (Fsp3) is 0.389. The summed E-state index contributed by atoms with van der Waals surface area (Å²) in [7, 11) is 3.00. The first kappa shape index (κ1) is 23.1. The topological polar surface area (TPSA) is 96.6 Å². The number of H-pyrrole nitrogens is 1. The second-order valence-corrected chi connectivity index (χ2v) is 6.19. The van der Waals surface area contributed by atoms with E-state index in [1.807, 2.05) is 6.92 Å². The summed E-state index contributed by atoms with van der Waals surface area (Å²) in [5, 5.41) is 2.53. The highest BCUT2D eigenvalue weighted by Crippen LogP contribution is 2.28. The molecule has 30 heavy (non-hydrogen) atoms. The van der Waals surface area contributed by atoms with E-state index in [0.717, 1.165) is 24.3 Å². The molecule has 0 radical (unpaired) electrons. The van der Waals surface area contributed by atoms with Crippen molar-refractivity contribution in [2.75, 3.05) is 32.2 Å². The molecule has 0 saturated heterocycles. The molecule has 1 amide bonds. The molecule has 1 heterocycles. The van der Waals surface area contributed by atoms with Crippen LogP contribution < -0.4 is 20.5 Å². The number of nitrogens with one attached hydrogen (secondary N) is 2. The van der Waals surface area contributed by atoms with Crippen LogP contribution in [0.5, 0.6) is 5.75 Å². The average molecular weight is 432 g/mol. The fourth-order valence-corrected chi connectivity index (χ4v) is 2.45. The number of aromatic amines is 1. The van der Waals surface area contributed by atoms with Crippen LogP contribution in [-0.4, -0.2) is 49.5 Å². The fourth-order valence-electron chi connectivity index (χ4n) is 2.45. The predicted molar refractivity (Wildman–Crippen MR) is 99.0 cm³/mol. The van der Waals surface area contributed by atoms with Crippen LogP contribution in [0.2, 0.25) is 0 Å². The van der Waals surface area contributed by atoms with Crippen molar-refractivity contribution < 1.29 is 31.8 Å². The standard InChI is InChI=1S/C18H20F4N4O4/c1-4-26(2)17-24-12(8-15(27)25-17)16(28)23-13(9-29-3)10-5-6-14(11(19)7-10)30-18(20,21)22/h5-8,13H,4,9H2,1-3H3,(H,23,28)(H,24,25,27)/t13-/m1/s1. The van der Waals surface area contributed by atoms with E-state index in [0.29, 0.717) is 6.54 Å². The highest BCUT2D eigenvalue weighted by molar-refractivity contribution is 5.92. The maximum atomic E-state index is 14.0. The van der Waals surface area contributed by atoms with Crippen LogP contribution in [0, 0.1) is 5.82 Å². The van der Waals surface area contributed by atoms with Crippen molar-refractivity contribution in [3.05, 3.63) is 51.7 Å². The summed E-state index contributed by atoms with van der Waals surface area (Å²) in [5.41, 5.74) is -0.603. The van der Waals surface area contributed by atoms with Gasteiger partial charge in [-0.1, -0.05) is 6.07 Å². The Labute approximate surface area is 168 Å². The summed E-state index contributed by atoms with van der Waals surface area (Å²) < 4.78 is 59.5. The van der Waals surface area contributed by atoms with Gasteiger partial charge in [-0.15, -0.1) is 13.2 Å². The van der Waals surface area contributed by atoms with Gasteiger partial charge in [0.2, 0.25) is 5.95 Å². The highest BCUT2D eigenvalue weighted by Gasteiger charge is 2.32. The van der Waals surface area contributed by atoms with Gasteiger partial charge >= 0.3 is 6.36 Å². The molecule has 2 aromatic rings. The number of carbonyl (C=O) groups is 1. The Hall–Kier alpha value is -3.15.